The molecule has 2 aromatic rings. The number of ketones is 1. The number of hydrogen-bond donors (Lipinski definition) is 2. The van der Waals surface area contributed by atoms with Crippen LogP contribution in [0.2, 0.25) is 0 Å². The summed E-state index contributed by atoms with van der Waals surface area (Å²) >= 11 is 0. The maximum absolute atomic E-state index is 12.8. The van der Waals surface area contributed by atoms with Crippen molar-refractivity contribution in [2.75, 3.05) is 0 Å². The van der Waals surface area contributed by atoms with Gasteiger partial charge in [0.25, 0.3) is 0 Å². The fraction of sp³-hybridized carbons (Fsp3) is 0.273. The van der Waals surface area contributed by atoms with Crippen molar-refractivity contribution in [1.82, 2.24) is 0 Å². The normalized spacial score (nSPS) is 13.3. The number of carbonyl (C=O) groups is 1. The van der Waals surface area contributed by atoms with Gasteiger partial charge in [-0.2, -0.15) is 0 Å². The third-order valence-electron chi connectivity index (χ3n) is 4.17. The minimum atomic E-state index is -0.343. The zero-order chi connectivity index (χ0) is 19.3. The molecule has 0 aliphatic heterocycles. The van der Waals surface area contributed by atoms with Gasteiger partial charge in [0.15, 0.2) is 0 Å². The first-order valence-electron chi connectivity index (χ1n) is 8.66. The van der Waals surface area contributed by atoms with Gasteiger partial charge < -0.3 is 11.5 Å². The van der Waals surface area contributed by atoms with E-state index < -0.39 is 0 Å². The minimum Gasteiger partial charge on any atom is -0.400 e. The van der Waals surface area contributed by atoms with E-state index in [1.54, 1.807) is 6.92 Å². The van der Waals surface area contributed by atoms with E-state index in [1.807, 2.05) is 54.6 Å². The van der Waals surface area contributed by atoms with Crippen molar-refractivity contribution >= 4 is 11.5 Å². The van der Waals surface area contributed by atoms with Gasteiger partial charge in [-0.1, -0.05) is 75.4 Å². The van der Waals surface area contributed by atoms with Crippen molar-refractivity contribution in [2.24, 2.45) is 16.5 Å². The van der Waals surface area contributed by atoms with Gasteiger partial charge in [0.1, 0.15) is 11.4 Å². The third kappa shape index (κ3) is 4.82. The molecule has 0 atom stereocenters. The highest BCUT2D eigenvalue weighted by Gasteiger charge is 2.19. The van der Waals surface area contributed by atoms with E-state index in [1.165, 1.54) is 5.56 Å². The van der Waals surface area contributed by atoms with Crippen LogP contribution in [0.5, 0.6) is 0 Å². The molecule has 0 unspecified atom stereocenters. The van der Waals surface area contributed by atoms with Gasteiger partial charge in [0.05, 0.1) is 6.54 Å². The van der Waals surface area contributed by atoms with Crippen molar-refractivity contribution in [2.45, 2.75) is 39.7 Å². The molecule has 2 aromatic carbocycles. The predicted molar refractivity (Wildman–Crippen MR) is 108 cm³/mol. The summed E-state index contributed by atoms with van der Waals surface area (Å²) in [5.41, 5.74) is 15.3. The van der Waals surface area contributed by atoms with Crippen LogP contribution in [-0.2, 0) is 16.8 Å². The standard InChI is InChI=1S/C22H27N3O/c1-15(23)19(24)21(26)20(25-14-16-8-6-5-7-9-16)17-10-12-18(13-11-17)22(2,3)4/h5-13H,14,23-24H2,1-4H3. The van der Waals surface area contributed by atoms with Crippen LogP contribution < -0.4 is 11.5 Å². The SMILES string of the molecule is CC(N)=C(N)C(=O)C(=NCc1ccccc1)c1ccc(C(C)(C)C)cc1. The van der Waals surface area contributed by atoms with Crippen molar-refractivity contribution in [3.8, 4) is 0 Å². The van der Waals surface area contributed by atoms with Gasteiger partial charge in [-0.25, -0.2) is 0 Å². The van der Waals surface area contributed by atoms with Crippen LogP contribution in [0, 0.1) is 0 Å². The van der Waals surface area contributed by atoms with Crippen LogP contribution in [0.3, 0.4) is 0 Å². The lowest BCUT2D eigenvalue weighted by Crippen LogP contribution is -2.26. The zero-order valence-electron chi connectivity index (χ0n) is 15.9. The van der Waals surface area contributed by atoms with Crippen molar-refractivity contribution < 1.29 is 4.79 Å². The second-order valence-electron chi connectivity index (χ2n) is 7.40. The minimum absolute atomic E-state index is 0.0384. The summed E-state index contributed by atoms with van der Waals surface area (Å²) in [4.78, 5) is 17.4. The van der Waals surface area contributed by atoms with Crippen molar-refractivity contribution in [1.29, 1.82) is 0 Å². The number of Topliss-reactive ketones (excluding diaryl/α,β-unsaturated/α-hetero) is 1. The Morgan fingerprint density at radius 1 is 0.962 bits per heavy atom. The van der Waals surface area contributed by atoms with Crippen LogP contribution >= 0.6 is 0 Å². The number of aliphatic imine (C=N–C) groups is 1. The molecule has 0 saturated heterocycles. The lowest BCUT2D eigenvalue weighted by Gasteiger charge is -2.19. The Bertz CT molecular complexity index is 822. The summed E-state index contributed by atoms with van der Waals surface area (Å²) in [6.07, 6.45) is 0. The van der Waals surface area contributed by atoms with Crippen LogP contribution in [0.15, 0.2) is 71.0 Å². The van der Waals surface area contributed by atoms with Gasteiger partial charge in [-0.3, -0.25) is 9.79 Å². The van der Waals surface area contributed by atoms with Crippen LogP contribution in [0.25, 0.3) is 0 Å². The van der Waals surface area contributed by atoms with Crippen molar-refractivity contribution in [3.63, 3.8) is 0 Å². The number of carbonyl (C=O) groups excluding carboxylic acids is 1. The molecule has 0 amide bonds. The van der Waals surface area contributed by atoms with Crippen LogP contribution in [0.4, 0.5) is 0 Å². The fourth-order valence-corrected chi connectivity index (χ4v) is 2.48. The van der Waals surface area contributed by atoms with Gasteiger partial charge in [-0.05, 0) is 23.5 Å². The fourth-order valence-electron chi connectivity index (χ4n) is 2.48. The Morgan fingerprint density at radius 3 is 2.04 bits per heavy atom. The van der Waals surface area contributed by atoms with E-state index in [4.69, 9.17) is 11.5 Å². The molecular formula is C22H27N3O. The highest BCUT2D eigenvalue weighted by atomic mass is 16.1. The zero-order valence-corrected chi connectivity index (χ0v) is 15.9. The molecule has 136 valence electrons. The molecule has 0 radical (unpaired) electrons. The smallest absolute Gasteiger partial charge is 0.228 e. The molecule has 0 fully saturated rings. The first-order valence-corrected chi connectivity index (χ1v) is 8.66. The Morgan fingerprint density at radius 2 is 1.54 bits per heavy atom. The molecule has 0 aromatic heterocycles. The largest absolute Gasteiger partial charge is 0.400 e. The third-order valence-corrected chi connectivity index (χ3v) is 4.17. The molecule has 4 heteroatoms. The predicted octanol–water partition coefficient (Wildman–Crippen LogP) is 3.69. The number of rotatable bonds is 5. The van der Waals surface area contributed by atoms with Crippen LogP contribution in [0.1, 0.15) is 44.4 Å². The number of allylic oxidation sites excluding steroid dienone is 2. The average molecular weight is 349 g/mol. The summed E-state index contributed by atoms with van der Waals surface area (Å²) in [5.74, 6) is -0.343. The van der Waals surface area contributed by atoms with E-state index in [0.717, 1.165) is 11.1 Å². The monoisotopic (exact) mass is 349 g/mol. The van der Waals surface area contributed by atoms with Gasteiger partial charge >= 0.3 is 0 Å². The lowest BCUT2D eigenvalue weighted by molar-refractivity contribution is -0.109. The Hall–Kier alpha value is -2.88. The van der Waals surface area contributed by atoms with Gasteiger partial charge in [0.2, 0.25) is 5.78 Å². The summed E-state index contributed by atoms with van der Waals surface area (Å²) in [6.45, 7) is 8.47. The first kappa shape index (κ1) is 19.4. The highest BCUT2D eigenvalue weighted by Crippen LogP contribution is 2.22. The molecule has 2 rings (SSSR count). The number of benzene rings is 2. The Kier molecular flexibility index (Phi) is 5.98. The Labute approximate surface area is 155 Å². The summed E-state index contributed by atoms with van der Waals surface area (Å²) < 4.78 is 0. The van der Waals surface area contributed by atoms with Gasteiger partial charge in [-0.15, -0.1) is 0 Å². The second kappa shape index (κ2) is 8.00. The van der Waals surface area contributed by atoms with E-state index in [-0.39, 0.29) is 16.9 Å². The molecule has 0 saturated carbocycles. The highest BCUT2D eigenvalue weighted by molar-refractivity contribution is 6.51. The lowest BCUT2D eigenvalue weighted by atomic mass is 9.86. The maximum Gasteiger partial charge on any atom is 0.228 e. The average Bonchev–Trinajstić information content (AvgIpc) is 2.61. The summed E-state index contributed by atoms with van der Waals surface area (Å²) in [6, 6.07) is 17.7. The first-order chi connectivity index (χ1) is 12.2. The van der Waals surface area contributed by atoms with E-state index in [9.17, 15) is 4.79 Å². The summed E-state index contributed by atoms with van der Waals surface area (Å²) in [5, 5.41) is 0. The molecule has 0 aliphatic rings. The molecule has 4 nitrogen and oxygen atoms in total. The quantitative estimate of drug-likeness (QED) is 0.638. The number of nitrogens with two attached hydrogens (primary N) is 2. The molecule has 0 spiro atoms. The van der Waals surface area contributed by atoms with Gasteiger partial charge in [0, 0.05) is 11.3 Å². The molecule has 0 aliphatic carbocycles. The number of hydrogen-bond acceptors (Lipinski definition) is 4. The van der Waals surface area contributed by atoms with E-state index >= 15 is 0 Å². The molecule has 4 N–H and O–H groups in total. The molecule has 0 bridgehead atoms. The second-order valence-corrected chi connectivity index (χ2v) is 7.40. The van der Waals surface area contributed by atoms with Crippen molar-refractivity contribution in [3.05, 3.63) is 82.7 Å². The van der Waals surface area contributed by atoms with E-state index in [0.29, 0.717) is 18.0 Å². The molecular weight excluding hydrogens is 322 g/mol. The topological polar surface area (TPSA) is 81.5 Å². The molecule has 0 heterocycles. The summed E-state index contributed by atoms with van der Waals surface area (Å²) in [7, 11) is 0. The van der Waals surface area contributed by atoms with Crippen LogP contribution in [-0.4, -0.2) is 11.5 Å². The molecule has 26 heavy (non-hydrogen) atoms. The maximum atomic E-state index is 12.8. The van der Waals surface area contributed by atoms with E-state index in [2.05, 4.69) is 25.8 Å². The Balaban J connectivity index is 2.43. The number of nitrogens with zero attached hydrogens (tertiary/aromatic N) is 1.